The van der Waals surface area contributed by atoms with Gasteiger partial charge in [-0.15, -0.1) is 0 Å². The maximum Gasteiger partial charge on any atom is 0.340 e. The molecule has 3 nitrogen and oxygen atoms in total. The zero-order valence-corrected chi connectivity index (χ0v) is 7.91. The SMILES string of the molecule is O=S1(=O)Oc2cccc3cccc1c23. The maximum atomic E-state index is 11.5. The standard InChI is InChI=1S/C10H6O3S/c11-14(12)9-6-2-4-7-3-1-5-8(13-14)10(7)9/h1-6H. The van der Waals surface area contributed by atoms with Crippen molar-refractivity contribution in [2.75, 3.05) is 0 Å². The quantitative estimate of drug-likeness (QED) is 0.618. The highest BCUT2D eigenvalue weighted by atomic mass is 32.2. The molecule has 0 N–H and O–H groups in total. The van der Waals surface area contributed by atoms with Crippen molar-refractivity contribution < 1.29 is 12.6 Å². The Morgan fingerprint density at radius 3 is 2.50 bits per heavy atom. The lowest BCUT2D eigenvalue weighted by atomic mass is 10.1. The molecule has 0 atom stereocenters. The normalized spacial score (nSPS) is 16.9. The van der Waals surface area contributed by atoms with Crippen LogP contribution >= 0.6 is 0 Å². The minimum atomic E-state index is -3.56. The van der Waals surface area contributed by atoms with Crippen molar-refractivity contribution in [3.63, 3.8) is 0 Å². The molecule has 1 aliphatic heterocycles. The van der Waals surface area contributed by atoms with E-state index in [9.17, 15) is 8.42 Å². The van der Waals surface area contributed by atoms with Gasteiger partial charge in [-0.05, 0) is 17.5 Å². The molecule has 0 fully saturated rings. The van der Waals surface area contributed by atoms with Crippen LogP contribution in [-0.2, 0) is 10.1 Å². The topological polar surface area (TPSA) is 43.4 Å². The van der Waals surface area contributed by atoms with E-state index in [2.05, 4.69) is 0 Å². The zero-order chi connectivity index (χ0) is 9.76. The summed E-state index contributed by atoms with van der Waals surface area (Å²) in [6.07, 6.45) is 0. The fraction of sp³-hybridized carbons (Fsp3) is 0. The molecule has 0 aromatic heterocycles. The Kier molecular flexibility index (Phi) is 1.27. The molecule has 14 heavy (non-hydrogen) atoms. The molecule has 0 spiro atoms. The average Bonchev–Trinajstić information content (AvgIpc) is 2.41. The summed E-state index contributed by atoms with van der Waals surface area (Å²) in [6, 6.07) is 10.5. The van der Waals surface area contributed by atoms with Crippen molar-refractivity contribution in [1.29, 1.82) is 0 Å². The molecule has 0 unspecified atom stereocenters. The zero-order valence-electron chi connectivity index (χ0n) is 7.10. The number of hydrogen-bond donors (Lipinski definition) is 0. The summed E-state index contributed by atoms with van der Waals surface area (Å²) in [6.45, 7) is 0. The summed E-state index contributed by atoms with van der Waals surface area (Å²) in [5.74, 6) is 0.429. The van der Waals surface area contributed by atoms with Gasteiger partial charge in [-0.3, -0.25) is 0 Å². The Morgan fingerprint density at radius 1 is 1.00 bits per heavy atom. The first-order chi connectivity index (χ1) is 6.68. The molecule has 0 radical (unpaired) electrons. The van der Waals surface area contributed by atoms with Crippen molar-refractivity contribution in [3.05, 3.63) is 36.4 Å². The van der Waals surface area contributed by atoms with Crippen molar-refractivity contribution in [2.45, 2.75) is 4.90 Å². The minimum Gasteiger partial charge on any atom is -0.378 e. The highest BCUT2D eigenvalue weighted by Gasteiger charge is 2.28. The lowest BCUT2D eigenvalue weighted by Crippen LogP contribution is -2.02. The van der Waals surface area contributed by atoms with Gasteiger partial charge in [0.2, 0.25) is 0 Å². The molecule has 0 saturated heterocycles. The largest absolute Gasteiger partial charge is 0.378 e. The molecule has 4 heteroatoms. The van der Waals surface area contributed by atoms with Crippen LogP contribution in [0.25, 0.3) is 10.8 Å². The van der Waals surface area contributed by atoms with E-state index in [0.29, 0.717) is 11.1 Å². The second kappa shape index (κ2) is 2.27. The summed E-state index contributed by atoms with van der Waals surface area (Å²) in [7, 11) is -3.56. The minimum absolute atomic E-state index is 0.269. The van der Waals surface area contributed by atoms with Gasteiger partial charge in [0.1, 0.15) is 4.90 Å². The van der Waals surface area contributed by atoms with Crippen molar-refractivity contribution >= 4 is 20.9 Å². The van der Waals surface area contributed by atoms with E-state index in [-0.39, 0.29) is 4.90 Å². The molecule has 0 aliphatic carbocycles. The molecule has 0 amide bonds. The maximum absolute atomic E-state index is 11.5. The van der Waals surface area contributed by atoms with E-state index in [1.54, 1.807) is 24.3 Å². The Labute approximate surface area is 81.1 Å². The fourth-order valence-corrected chi connectivity index (χ4v) is 2.89. The molecule has 70 valence electrons. The third kappa shape index (κ3) is 0.834. The van der Waals surface area contributed by atoms with Crippen LogP contribution < -0.4 is 4.18 Å². The average molecular weight is 206 g/mol. The van der Waals surface area contributed by atoms with Gasteiger partial charge in [0, 0.05) is 5.39 Å². The van der Waals surface area contributed by atoms with Gasteiger partial charge in [-0.25, -0.2) is 0 Å². The van der Waals surface area contributed by atoms with Crippen molar-refractivity contribution in [1.82, 2.24) is 0 Å². The van der Waals surface area contributed by atoms with Crippen LogP contribution in [0.4, 0.5) is 0 Å². The third-order valence-corrected chi connectivity index (χ3v) is 3.57. The summed E-state index contributed by atoms with van der Waals surface area (Å²) >= 11 is 0. The van der Waals surface area contributed by atoms with Gasteiger partial charge in [0.15, 0.2) is 5.75 Å². The predicted octanol–water partition coefficient (Wildman–Crippen LogP) is 1.92. The predicted molar refractivity (Wildman–Crippen MR) is 51.8 cm³/mol. The summed E-state index contributed by atoms with van der Waals surface area (Å²) in [4.78, 5) is 0.269. The highest BCUT2D eigenvalue weighted by Crippen LogP contribution is 2.38. The van der Waals surface area contributed by atoms with Crippen molar-refractivity contribution in [3.8, 4) is 5.75 Å². The van der Waals surface area contributed by atoms with Gasteiger partial charge < -0.3 is 4.18 Å². The Balaban J connectivity index is 2.63. The first kappa shape index (κ1) is 7.82. The van der Waals surface area contributed by atoms with Crippen LogP contribution in [0.1, 0.15) is 0 Å². The third-order valence-electron chi connectivity index (χ3n) is 2.30. The highest BCUT2D eigenvalue weighted by molar-refractivity contribution is 7.87. The Bertz CT molecular complexity index is 624. The number of rotatable bonds is 0. The molecular weight excluding hydrogens is 200 g/mol. The van der Waals surface area contributed by atoms with Gasteiger partial charge in [0.05, 0.1) is 0 Å². The monoisotopic (exact) mass is 206 g/mol. The Morgan fingerprint density at radius 2 is 1.71 bits per heavy atom. The van der Waals surface area contributed by atoms with E-state index in [0.717, 1.165) is 5.39 Å². The molecule has 3 rings (SSSR count). The van der Waals surface area contributed by atoms with Crippen LogP contribution in [-0.4, -0.2) is 8.42 Å². The lowest BCUT2D eigenvalue weighted by Gasteiger charge is -1.94. The molecule has 2 aromatic rings. The van der Waals surface area contributed by atoms with E-state index < -0.39 is 10.1 Å². The van der Waals surface area contributed by atoms with Crippen LogP contribution in [0.15, 0.2) is 41.3 Å². The molecule has 1 aliphatic rings. The fourth-order valence-electron chi connectivity index (χ4n) is 1.71. The number of benzene rings is 2. The van der Waals surface area contributed by atoms with Gasteiger partial charge in [-0.1, -0.05) is 24.3 Å². The van der Waals surface area contributed by atoms with Gasteiger partial charge >= 0.3 is 10.1 Å². The molecule has 2 aromatic carbocycles. The van der Waals surface area contributed by atoms with Crippen LogP contribution in [0.5, 0.6) is 5.75 Å². The first-order valence-corrected chi connectivity index (χ1v) is 5.55. The summed E-state index contributed by atoms with van der Waals surface area (Å²) < 4.78 is 27.9. The van der Waals surface area contributed by atoms with Gasteiger partial charge in [-0.2, -0.15) is 8.42 Å². The smallest absolute Gasteiger partial charge is 0.340 e. The van der Waals surface area contributed by atoms with Crippen molar-refractivity contribution in [2.24, 2.45) is 0 Å². The van der Waals surface area contributed by atoms with Crippen LogP contribution in [0, 0.1) is 0 Å². The van der Waals surface area contributed by atoms with Gasteiger partial charge in [0.25, 0.3) is 0 Å². The van der Waals surface area contributed by atoms with Crippen LogP contribution in [0.2, 0.25) is 0 Å². The molecule has 0 saturated carbocycles. The second-order valence-electron chi connectivity index (χ2n) is 3.15. The Hall–Kier alpha value is -1.55. The van der Waals surface area contributed by atoms with Crippen LogP contribution in [0.3, 0.4) is 0 Å². The first-order valence-electron chi connectivity index (χ1n) is 4.15. The molecular formula is C10H6O3S. The summed E-state index contributed by atoms with van der Waals surface area (Å²) in [5, 5.41) is 1.58. The van der Waals surface area contributed by atoms with E-state index in [4.69, 9.17) is 4.18 Å². The van der Waals surface area contributed by atoms with E-state index >= 15 is 0 Å². The molecule has 1 heterocycles. The lowest BCUT2D eigenvalue weighted by molar-refractivity contribution is 0.498. The van der Waals surface area contributed by atoms with E-state index in [1.807, 2.05) is 12.1 Å². The molecule has 0 bridgehead atoms. The summed E-state index contributed by atoms with van der Waals surface area (Å²) in [5.41, 5.74) is 0. The number of hydrogen-bond acceptors (Lipinski definition) is 3. The second-order valence-corrected chi connectivity index (χ2v) is 4.66. The van der Waals surface area contributed by atoms with E-state index in [1.165, 1.54) is 0 Å².